The first kappa shape index (κ1) is 42.0. The zero-order chi connectivity index (χ0) is 41.2. The third-order valence-electron chi connectivity index (χ3n) is 11.0. The molecular weight excluding hydrogens is 864 g/mol. The molecule has 0 unspecified atom stereocenters. The summed E-state index contributed by atoms with van der Waals surface area (Å²) in [7, 11) is 0. The van der Waals surface area contributed by atoms with Crippen molar-refractivity contribution in [1.82, 2.24) is 0 Å². The van der Waals surface area contributed by atoms with Crippen LogP contribution in [0.25, 0.3) is 11.1 Å². The predicted octanol–water partition coefficient (Wildman–Crippen LogP) is 14.0. The standard InChI is InChI=1S/C51H50Br2N2O4/c1-3-5-7-13-31-58-47-29-19-35(33-45(47)52)49(56)54-39-25-21-37(22-26-39)51(43-17-11-9-15-41(43)42-16-10-12-18-44(42)51)38-23-27-40(28-24-38)55-50(57)36-20-30-48(46(53)34-36)59-32-14-8-6-4-2/h9-12,15-30,33-34H,3-8,13-14,31-32H2,1-2H3,(H,54,56)(H,55,57). The molecule has 0 bridgehead atoms. The van der Waals surface area contributed by atoms with Crippen molar-refractivity contribution < 1.29 is 19.1 Å². The number of nitrogens with one attached hydrogen (secondary N) is 2. The Morgan fingerprint density at radius 2 is 0.915 bits per heavy atom. The highest BCUT2D eigenvalue weighted by Crippen LogP contribution is 2.56. The van der Waals surface area contributed by atoms with E-state index in [2.05, 4.69) is 129 Å². The second-order valence-corrected chi connectivity index (χ2v) is 16.7. The molecule has 0 aliphatic heterocycles. The maximum absolute atomic E-state index is 13.4. The van der Waals surface area contributed by atoms with E-state index >= 15 is 0 Å². The van der Waals surface area contributed by atoms with Gasteiger partial charge in [0.15, 0.2) is 0 Å². The Morgan fingerprint density at radius 3 is 1.31 bits per heavy atom. The van der Waals surface area contributed by atoms with Crippen molar-refractivity contribution in [3.05, 3.63) is 176 Å². The Balaban J connectivity index is 1.12. The summed E-state index contributed by atoms with van der Waals surface area (Å²) in [5.74, 6) is 1.06. The molecule has 0 saturated carbocycles. The fraction of sp³-hybridized carbons (Fsp3) is 0.255. The van der Waals surface area contributed by atoms with Gasteiger partial charge in [0.25, 0.3) is 11.8 Å². The van der Waals surface area contributed by atoms with Crippen LogP contribution in [0.5, 0.6) is 11.5 Å². The maximum atomic E-state index is 13.4. The van der Waals surface area contributed by atoms with E-state index in [-0.39, 0.29) is 11.8 Å². The van der Waals surface area contributed by atoms with Gasteiger partial charge in [-0.15, -0.1) is 0 Å². The summed E-state index contributed by atoms with van der Waals surface area (Å²) in [6, 6.07) is 44.3. The van der Waals surface area contributed by atoms with Crippen LogP contribution < -0.4 is 20.1 Å². The Morgan fingerprint density at radius 1 is 0.508 bits per heavy atom. The van der Waals surface area contributed by atoms with E-state index in [1.807, 2.05) is 36.4 Å². The molecule has 6 nitrogen and oxygen atoms in total. The van der Waals surface area contributed by atoms with E-state index in [0.29, 0.717) is 35.7 Å². The van der Waals surface area contributed by atoms with E-state index in [1.165, 1.54) is 47.9 Å². The molecule has 0 fully saturated rings. The molecule has 59 heavy (non-hydrogen) atoms. The summed E-state index contributed by atoms with van der Waals surface area (Å²) in [4.78, 5) is 26.9. The zero-order valence-corrected chi connectivity index (χ0v) is 36.8. The number of fused-ring (bicyclic) bond motifs is 3. The first-order valence-corrected chi connectivity index (χ1v) is 22.3. The molecule has 6 aromatic rings. The number of halogens is 2. The Bertz CT molecular complexity index is 2230. The molecule has 2 N–H and O–H groups in total. The fourth-order valence-electron chi connectivity index (χ4n) is 7.98. The van der Waals surface area contributed by atoms with Crippen LogP contribution in [0.15, 0.2) is 142 Å². The number of unbranched alkanes of at least 4 members (excludes halogenated alkanes) is 6. The molecule has 6 aromatic carbocycles. The molecule has 8 heteroatoms. The number of ether oxygens (including phenoxy) is 2. The first-order valence-electron chi connectivity index (χ1n) is 20.7. The minimum atomic E-state index is -0.646. The number of hydrogen-bond donors (Lipinski definition) is 2. The highest BCUT2D eigenvalue weighted by Gasteiger charge is 2.45. The van der Waals surface area contributed by atoms with E-state index in [1.54, 1.807) is 24.3 Å². The predicted molar refractivity (Wildman–Crippen MR) is 247 cm³/mol. The lowest BCUT2D eigenvalue weighted by Gasteiger charge is -2.34. The van der Waals surface area contributed by atoms with Gasteiger partial charge >= 0.3 is 0 Å². The van der Waals surface area contributed by atoms with E-state index < -0.39 is 5.41 Å². The van der Waals surface area contributed by atoms with Gasteiger partial charge in [-0.05, 0) is 139 Å². The van der Waals surface area contributed by atoms with Gasteiger partial charge in [0.2, 0.25) is 0 Å². The minimum absolute atomic E-state index is 0.203. The Hall–Kier alpha value is -5.18. The summed E-state index contributed by atoms with van der Waals surface area (Å²) < 4.78 is 13.4. The molecule has 0 spiro atoms. The van der Waals surface area contributed by atoms with Crippen LogP contribution >= 0.6 is 31.9 Å². The lowest BCUT2D eigenvalue weighted by Crippen LogP contribution is -2.28. The van der Waals surface area contributed by atoms with Gasteiger partial charge in [-0.3, -0.25) is 9.59 Å². The highest BCUT2D eigenvalue weighted by atomic mass is 79.9. The topological polar surface area (TPSA) is 76.7 Å². The number of carbonyl (C=O) groups is 2. The average Bonchev–Trinajstić information content (AvgIpc) is 3.56. The number of rotatable bonds is 18. The van der Waals surface area contributed by atoms with Crippen LogP contribution in [-0.2, 0) is 5.41 Å². The second kappa shape index (κ2) is 19.7. The molecule has 302 valence electrons. The van der Waals surface area contributed by atoms with Crippen LogP contribution in [0.2, 0.25) is 0 Å². The molecule has 0 aromatic heterocycles. The third-order valence-corrected chi connectivity index (χ3v) is 12.2. The van der Waals surface area contributed by atoms with Crippen molar-refractivity contribution >= 4 is 55.0 Å². The van der Waals surface area contributed by atoms with Crippen molar-refractivity contribution in [3.8, 4) is 22.6 Å². The van der Waals surface area contributed by atoms with Crippen LogP contribution in [0, 0.1) is 0 Å². The van der Waals surface area contributed by atoms with Crippen molar-refractivity contribution in [2.45, 2.75) is 70.6 Å². The summed E-state index contributed by atoms with van der Waals surface area (Å²) in [5.41, 5.74) is 8.63. The second-order valence-electron chi connectivity index (χ2n) is 15.0. The molecule has 1 aliphatic carbocycles. The maximum Gasteiger partial charge on any atom is 0.255 e. The van der Waals surface area contributed by atoms with Gasteiger partial charge in [-0.2, -0.15) is 0 Å². The van der Waals surface area contributed by atoms with Gasteiger partial charge in [0.05, 0.1) is 27.6 Å². The lowest BCUT2D eigenvalue weighted by molar-refractivity contribution is 0.101. The molecule has 0 atom stereocenters. The van der Waals surface area contributed by atoms with E-state index in [9.17, 15) is 9.59 Å². The first-order chi connectivity index (χ1) is 28.8. The Labute approximate surface area is 365 Å². The minimum Gasteiger partial charge on any atom is -0.492 e. The summed E-state index contributed by atoms with van der Waals surface area (Å²) in [6.07, 6.45) is 9.06. The molecular formula is C51H50Br2N2O4. The van der Waals surface area contributed by atoms with Gasteiger partial charge in [0, 0.05) is 22.5 Å². The van der Waals surface area contributed by atoms with Crippen LogP contribution in [0.1, 0.15) is 108 Å². The van der Waals surface area contributed by atoms with Gasteiger partial charge < -0.3 is 20.1 Å². The SMILES string of the molecule is CCCCCCOc1ccc(C(=O)Nc2ccc(C3(c4ccc(NC(=O)c5ccc(OCCCCCC)c(Br)c5)cc4)c4ccccc4-c4ccccc43)cc2)cc1Br. The van der Waals surface area contributed by atoms with Gasteiger partial charge in [0.1, 0.15) is 11.5 Å². The van der Waals surface area contributed by atoms with Gasteiger partial charge in [-0.25, -0.2) is 0 Å². The summed E-state index contributed by atoms with van der Waals surface area (Å²) >= 11 is 7.20. The molecule has 0 saturated heterocycles. The zero-order valence-electron chi connectivity index (χ0n) is 33.7. The number of amides is 2. The molecule has 0 heterocycles. The average molecular weight is 915 g/mol. The van der Waals surface area contributed by atoms with Crippen molar-refractivity contribution in [3.63, 3.8) is 0 Å². The number of anilines is 2. The van der Waals surface area contributed by atoms with Gasteiger partial charge in [-0.1, -0.05) is 125 Å². The molecule has 0 radical (unpaired) electrons. The Kier molecular flexibility index (Phi) is 14.0. The monoisotopic (exact) mass is 912 g/mol. The van der Waals surface area contributed by atoms with Crippen LogP contribution in [-0.4, -0.2) is 25.0 Å². The normalized spacial score (nSPS) is 12.3. The fourth-order valence-corrected chi connectivity index (χ4v) is 8.96. The van der Waals surface area contributed by atoms with E-state index in [0.717, 1.165) is 57.3 Å². The van der Waals surface area contributed by atoms with Crippen molar-refractivity contribution in [2.24, 2.45) is 0 Å². The summed E-state index contributed by atoms with van der Waals surface area (Å²) in [6.45, 7) is 5.68. The molecule has 7 rings (SSSR count). The van der Waals surface area contributed by atoms with Crippen molar-refractivity contribution in [1.29, 1.82) is 0 Å². The molecule has 1 aliphatic rings. The summed E-state index contributed by atoms with van der Waals surface area (Å²) in [5, 5.41) is 6.18. The largest absolute Gasteiger partial charge is 0.492 e. The smallest absolute Gasteiger partial charge is 0.255 e. The number of hydrogen-bond acceptors (Lipinski definition) is 4. The number of carbonyl (C=O) groups excluding carboxylic acids is 2. The highest BCUT2D eigenvalue weighted by molar-refractivity contribution is 9.11. The molecule has 2 amide bonds. The lowest BCUT2D eigenvalue weighted by atomic mass is 9.67. The van der Waals surface area contributed by atoms with Crippen LogP contribution in [0.3, 0.4) is 0 Å². The van der Waals surface area contributed by atoms with Crippen molar-refractivity contribution in [2.75, 3.05) is 23.8 Å². The van der Waals surface area contributed by atoms with E-state index in [4.69, 9.17) is 9.47 Å². The number of benzene rings is 6. The quantitative estimate of drug-likeness (QED) is 0.0841. The van der Waals surface area contributed by atoms with Crippen LogP contribution in [0.4, 0.5) is 11.4 Å². The third kappa shape index (κ3) is 9.35.